The van der Waals surface area contributed by atoms with Crippen LogP contribution in [0, 0.1) is 0 Å². The van der Waals surface area contributed by atoms with Crippen molar-refractivity contribution in [3.63, 3.8) is 0 Å². The zero-order valence-electron chi connectivity index (χ0n) is 8.20. The van der Waals surface area contributed by atoms with Gasteiger partial charge in [0.1, 0.15) is 5.75 Å². The number of nitrogens with zero attached hydrogens (tertiary/aromatic N) is 3. The molecule has 0 aliphatic rings. The number of benzene rings is 1. The van der Waals surface area contributed by atoms with Crippen LogP contribution in [0.3, 0.4) is 0 Å². The molecule has 0 aliphatic heterocycles. The summed E-state index contributed by atoms with van der Waals surface area (Å²) in [6.45, 7) is 0. The van der Waals surface area contributed by atoms with Gasteiger partial charge in [-0.25, -0.2) is 14.8 Å². The normalized spacial score (nSPS) is 9.25. The maximum Gasteiger partial charge on any atom is 0.321 e. The lowest BCUT2D eigenvalue weighted by atomic mass is 10.3. The second-order valence-electron chi connectivity index (χ2n) is 2.83. The number of rotatable bonds is 3. The molecule has 16 heavy (non-hydrogen) atoms. The zero-order chi connectivity index (χ0) is 11.2. The van der Waals surface area contributed by atoms with Crippen LogP contribution >= 0.6 is 0 Å². The van der Waals surface area contributed by atoms with Crippen molar-refractivity contribution in [1.29, 1.82) is 0 Å². The molecule has 0 fully saturated rings. The third kappa shape index (κ3) is 2.50. The predicted octanol–water partition coefficient (Wildman–Crippen LogP) is 2.24. The second-order valence-corrected chi connectivity index (χ2v) is 2.83. The quantitative estimate of drug-likeness (QED) is 0.579. The van der Waals surface area contributed by atoms with Gasteiger partial charge in [-0.2, -0.15) is 4.99 Å². The molecule has 0 unspecified atom stereocenters. The first-order valence-electron chi connectivity index (χ1n) is 4.51. The van der Waals surface area contributed by atoms with E-state index < -0.39 is 0 Å². The van der Waals surface area contributed by atoms with E-state index >= 15 is 0 Å². The van der Waals surface area contributed by atoms with Crippen LogP contribution in [0.2, 0.25) is 0 Å². The number of aromatic nitrogens is 2. The molecule has 5 heteroatoms. The zero-order valence-corrected chi connectivity index (χ0v) is 8.20. The number of aliphatic imine (C=N–C) groups is 1. The molecule has 1 aromatic carbocycles. The highest BCUT2D eigenvalue weighted by atomic mass is 16.5. The van der Waals surface area contributed by atoms with Crippen LogP contribution in [-0.4, -0.2) is 16.0 Å². The molecule has 1 aromatic heterocycles. The standard InChI is InChI=1S/C11H7N3O2/c15-8-14-9-2-4-10(5-3-9)16-11-12-6-1-7-13-11/h1-7H. The van der Waals surface area contributed by atoms with Crippen molar-refractivity contribution in [2.24, 2.45) is 4.99 Å². The fraction of sp³-hybridized carbons (Fsp3) is 0. The van der Waals surface area contributed by atoms with E-state index in [1.807, 2.05) is 0 Å². The van der Waals surface area contributed by atoms with Crippen LogP contribution in [-0.2, 0) is 4.79 Å². The molecule has 78 valence electrons. The largest absolute Gasteiger partial charge is 0.424 e. The van der Waals surface area contributed by atoms with E-state index in [0.717, 1.165) is 0 Å². The minimum Gasteiger partial charge on any atom is -0.424 e. The van der Waals surface area contributed by atoms with E-state index in [1.165, 1.54) is 6.08 Å². The van der Waals surface area contributed by atoms with Gasteiger partial charge >= 0.3 is 6.01 Å². The third-order valence-electron chi connectivity index (χ3n) is 1.76. The maximum absolute atomic E-state index is 10.0. The molecular weight excluding hydrogens is 206 g/mol. The minimum atomic E-state index is 0.272. The minimum absolute atomic E-state index is 0.272. The van der Waals surface area contributed by atoms with E-state index in [1.54, 1.807) is 42.7 Å². The highest BCUT2D eigenvalue weighted by molar-refractivity contribution is 5.50. The Morgan fingerprint density at radius 1 is 1.12 bits per heavy atom. The summed E-state index contributed by atoms with van der Waals surface area (Å²) in [6.07, 6.45) is 4.64. The molecule has 0 amide bonds. The van der Waals surface area contributed by atoms with Gasteiger partial charge in [0.25, 0.3) is 0 Å². The van der Waals surface area contributed by atoms with E-state index in [4.69, 9.17) is 4.74 Å². The summed E-state index contributed by atoms with van der Waals surface area (Å²) < 4.78 is 5.35. The predicted molar refractivity (Wildman–Crippen MR) is 56.3 cm³/mol. The average Bonchev–Trinajstić information content (AvgIpc) is 2.33. The second kappa shape index (κ2) is 4.82. The first-order chi connectivity index (χ1) is 7.88. The smallest absolute Gasteiger partial charge is 0.321 e. The highest BCUT2D eigenvalue weighted by Crippen LogP contribution is 2.20. The Labute approximate surface area is 91.5 Å². The molecule has 0 spiro atoms. The van der Waals surface area contributed by atoms with Crippen LogP contribution in [0.5, 0.6) is 11.8 Å². The Morgan fingerprint density at radius 2 is 1.81 bits per heavy atom. The SMILES string of the molecule is O=C=Nc1ccc(Oc2ncccn2)cc1. The molecule has 0 aliphatic carbocycles. The van der Waals surface area contributed by atoms with Gasteiger partial charge in [0.15, 0.2) is 0 Å². The van der Waals surface area contributed by atoms with Crippen molar-refractivity contribution in [3.05, 3.63) is 42.7 Å². The lowest BCUT2D eigenvalue weighted by Crippen LogP contribution is -1.89. The summed E-state index contributed by atoms with van der Waals surface area (Å²) in [5, 5.41) is 0. The first kappa shape index (κ1) is 10.0. The number of hydrogen-bond acceptors (Lipinski definition) is 5. The summed E-state index contributed by atoms with van der Waals surface area (Å²) in [4.78, 5) is 21.3. The molecule has 2 rings (SSSR count). The summed E-state index contributed by atoms with van der Waals surface area (Å²) in [6, 6.07) is 8.61. The summed E-state index contributed by atoms with van der Waals surface area (Å²) >= 11 is 0. The molecule has 0 saturated carbocycles. The fourth-order valence-corrected chi connectivity index (χ4v) is 1.08. The van der Waals surface area contributed by atoms with Gasteiger partial charge in [-0.15, -0.1) is 0 Å². The summed E-state index contributed by atoms with van der Waals surface area (Å²) in [5.41, 5.74) is 0.524. The highest BCUT2D eigenvalue weighted by Gasteiger charge is 1.98. The third-order valence-corrected chi connectivity index (χ3v) is 1.76. The van der Waals surface area contributed by atoms with Gasteiger partial charge < -0.3 is 4.74 Å². The van der Waals surface area contributed by atoms with Gasteiger partial charge in [0.05, 0.1) is 5.69 Å². The summed E-state index contributed by atoms with van der Waals surface area (Å²) in [7, 11) is 0. The van der Waals surface area contributed by atoms with Crippen LogP contribution in [0.25, 0.3) is 0 Å². The molecule has 0 N–H and O–H groups in total. The van der Waals surface area contributed by atoms with Crippen molar-refractivity contribution < 1.29 is 9.53 Å². The Hall–Kier alpha value is -2.52. The number of carbonyl (C=O) groups excluding carboxylic acids is 1. The van der Waals surface area contributed by atoms with Gasteiger partial charge in [-0.3, -0.25) is 0 Å². The first-order valence-corrected chi connectivity index (χ1v) is 4.51. The molecule has 5 nitrogen and oxygen atoms in total. The topological polar surface area (TPSA) is 64.4 Å². The molecule has 1 heterocycles. The number of isocyanates is 1. The molecular formula is C11H7N3O2. The van der Waals surface area contributed by atoms with Crippen LogP contribution < -0.4 is 4.74 Å². The summed E-state index contributed by atoms with van der Waals surface area (Å²) in [5.74, 6) is 0.580. The van der Waals surface area contributed by atoms with Gasteiger partial charge in [0.2, 0.25) is 6.08 Å². The van der Waals surface area contributed by atoms with Crippen LogP contribution in [0.1, 0.15) is 0 Å². The van der Waals surface area contributed by atoms with E-state index in [0.29, 0.717) is 11.4 Å². The van der Waals surface area contributed by atoms with Crippen LogP contribution in [0.4, 0.5) is 5.69 Å². The van der Waals surface area contributed by atoms with Crippen LogP contribution in [0.15, 0.2) is 47.7 Å². The number of ether oxygens (including phenoxy) is 1. The molecule has 0 bridgehead atoms. The lowest BCUT2D eigenvalue weighted by Gasteiger charge is -2.02. The Kier molecular flexibility index (Phi) is 3.01. The van der Waals surface area contributed by atoms with Crippen molar-refractivity contribution >= 4 is 11.8 Å². The molecule has 2 aromatic rings. The molecule has 0 saturated heterocycles. The Balaban J connectivity index is 2.14. The monoisotopic (exact) mass is 213 g/mol. The van der Waals surface area contributed by atoms with Gasteiger partial charge in [-0.1, -0.05) is 0 Å². The van der Waals surface area contributed by atoms with Gasteiger partial charge in [0, 0.05) is 12.4 Å². The van der Waals surface area contributed by atoms with Gasteiger partial charge in [-0.05, 0) is 30.3 Å². The van der Waals surface area contributed by atoms with E-state index in [9.17, 15) is 4.79 Å². The maximum atomic E-state index is 10.0. The van der Waals surface area contributed by atoms with Crippen molar-refractivity contribution in [1.82, 2.24) is 9.97 Å². The van der Waals surface area contributed by atoms with Crippen molar-refractivity contribution in [2.45, 2.75) is 0 Å². The van der Waals surface area contributed by atoms with Crippen molar-refractivity contribution in [2.75, 3.05) is 0 Å². The van der Waals surface area contributed by atoms with E-state index in [-0.39, 0.29) is 6.01 Å². The fourth-order valence-electron chi connectivity index (χ4n) is 1.08. The molecule has 0 radical (unpaired) electrons. The lowest BCUT2D eigenvalue weighted by molar-refractivity contribution is 0.442. The van der Waals surface area contributed by atoms with Crippen molar-refractivity contribution in [3.8, 4) is 11.8 Å². The Bertz CT molecular complexity index is 505. The van der Waals surface area contributed by atoms with E-state index in [2.05, 4.69) is 15.0 Å². The average molecular weight is 213 g/mol. The molecule has 0 atom stereocenters. The Morgan fingerprint density at radius 3 is 2.44 bits per heavy atom. The number of hydrogen-bond donors (Lipinski definition) is 0.